The molecule has 1 rings (SSSR count). The summed E-state index contributed by atoms with van der Waals surface area (Å²) in [6.45, 7) is 0.321. The average Bonchev–Trinajstić information content (AvgIpc) is 2.38. The van der Waals surface area contributed by atoms with E-state index in [0.717, 1.165) is 25.0 Å². The highest BCUT2D eigenvalue weighted by molar-refractivity contribution is 5.50. The molecule has 0 fully saturated rings. The third kappa shape index (κ3) is 6.12. The molecule has 1 N–H and O–H groups in total. The van der Waals surface area contributed by atoms with Crippen LogP contribution in [0.3, 0.4) is 0 Å². The van der Waals surface area contributed by atoms with E-state index in [4.69, 9.17) is 9.84 Å². The number of rotatable bonds is 8. The van der Waals surface area contributed by atoms with Gasteiger partial charge in [-0.25, -0.2) is 0 Å². The van der Waals surface area contributed by atoms with Crippen LogP contribution >= 0.6 is 0 Å². The first kappa shape index (κ1) is 13.8. The van der Waals surface area contributed by atoms with Gasteiger partial charge in [0, 0.05) is 6.61 Å². The van der Waals surface area contributed by atoms with Gasteiger partial charge in [-0.05, 0) is 37.0 Å². The molecule has 0 amide bonds. The lowest BCUT2D eigenvalue weighted by molar-refractivity contribution is 0.282. The summed E-state index contributed by atoms with van der Waals surface area (Å²) in [5.74, 6) is 0.895. The number of unbranched alkanes of at least 4 members (excludes halogenated alkanes) is 4. The molecule has 0 aliphatic rings. The standard InChI is InChI=1S/C15H22O2/c1-17-15-11-9-14(10-12-15)8-6-4-2-3-5-7-13-16/h6,8-12,16H,2-5,7,13H2,1H3/b8-6+. The van der Waals surface area contributed by atoms with E-state index in [-0.39, 0.29) is 0 Å². The molecule has 0 bridgehead atoms. The number of allylic oxidation sites excluding steroid dienone is 1. The molecule has 94 valence electrons. The molecule has 0 saturated heterocycles. The van der Waals surface area contributed by atoms with Crippen LogP contribution in [0.15, 0.2) is 30.3 Å². The minimum atomic E-state index is 0.321. The van der Waals surface area contributed by atoms with Gasteiger partial charge < -0.3 is 9.84 Å². The number of benzene rings is 1. The Kier molecular flexibility index (Phi) is 7.15. The van der Waals surface area contributed by atoms with Crippen LogP contribution in [0.5, 0.6) is 5.75 Å². The number of hydrogen-bond acceptors (Lipinski definition) is 2. The third-order valence-electron chi connectivity index (χ3n) is 2.71. The molecule has 0 heterocycles. The van der Waals surface area contributed by atoms with E-state index in [1.165, 1.54) is 18.4 Å². The molecule has 0 aliphatic heterocycles. The predicted molar refractivity (Wildman–Crippen MR) is 72.2 cm³/mol. The molecule has 0 atom stereocenters. The molecular weight excluding hydrogens is 212 g/mol. The molecule has 0 saturated carbocycles. The van der Waals surface area contributed by atoms with Crippen LogP contribution in [0.2, 0.25) is 0 Å². The van der Waals surface area contributed by atoms with Crippen molar-refractivity contribution in [1.82, 2.24) is 0 Å². The number of aliphatic hydroxyl groups excluding tert-OH is 1. The lowest BCUT2D eigenvalue weighted by Crippen LogP contribution is -1.82. The molecule has 1 aromatic carbocycles. The van der Waals surface area contributed by atoms with Crippen LogP contribution in [0.25, 0.3) is 6.08 Å². The summed E-state index contributed by atoms with van der Waals surface area (Å²) >= 11 is 0. The predicted octanol–water partition coefficient (Wildman–Crippen LogP) is 3.65. The Morgan fingerprint density at radius 3 is 2.41 bits per heavy atom. The molecule has 0 aliphatic carbocycles. The third-order valence-corrected chi connectivity index (χ3v) is 2.71. The molecule has 0 spiro atoms. The zero-order valence-corrected chi connectivity index (χ0v) is 10.6. The second kappa shape index (κ2) is 8.82. The van der Waals surface area contributed by atoms with Gasteiger partial charge in [0.05, 0.1) is 7.11 Å². The highest BCUT2D eigenvalue weighted by atomic mass is 16.5. The molecule has 0 radical (unpaired) electrons. The van der Waals surface area contributed by atoms with E-state index in [0.29, 0.717) is 6.61 Å². The Bertz CT molecular complexity index is 314. The number of aliphatic hydroxyl groups is 1. The lowest BCUT2D eigenvalue weighted by Gasteiger charge is -1.99. The van der Waals surface area contributed by atoms with E-state index in [2.05, 4.69) is 24.3 Å². The fraction of sp³-hybridized carbons (Fsp3) is 0.467. The molecule has 0 aromatic heterocycles. The molecule has 0 unspecified atom stereocenters. The quantitative estimate of drug-likeness (QED) is 0.696. The topological polar surface area (TPSA) is 29.5 Å². The number of ether oxygens (including phenoxy) is 1. The van der Waals surface area contributed by atoms with Crippen LogP contribution in [0, 0.1) is 0 Å². The van der Waals surface area contributed by atoms with Gasteiger partial charge in [-0.2, -0.15) is 0 Å². The Hall–Kier alpha value is -1.28. The maximum Gasteiger partial charge on any atom is 0.118 e. The number of hydrogen-bond donors (Lipinski definition) is 1. The van der Waals surface area contributed by atoms with Crippen molar-refractivity contribution in [3.63, 3.8) is 0 Å². The molecular formula is C15H22O2. The Morgan fingerprint density at radius 1 is 1.06 bits per heavy atom. The van der Waals surface area contributed by atoms with Gasteiger partial charge in [-0.1, -0.05) is 37.1 Å². The maximum absolute atomic E-state index is 8.64. The van der Waals surface area contributed by atoms with Crippen molar-refractivity contribution in [2.24, 2.45) is 0 Å². The van der Waals surface area contributed by atoms with Crippen molar-refractivity contribution in [2.75, 3.05) is 13.7 Å². The molecule has 2 heteroatoms. The zero-order chi connectivity index (χ0) is 12.3. The van der Waals surface area contributed by atoms with Gasteiger partial charge in [0.15, 0.2) is 0 Å². The summed E-state index contributed by atoms with van der Waals surface area (Å²) in [5.41, 5.74) is 1.21. The van der Waals surface area contributed by atoms with Crippen molar-refractivity contribution in [3.05, 3.63) is 35.9 Å². The van der Waals surface area contributed by atoms with Crippen LogP contribution in [-0.2, 0) is 0 Å². The summed E-state index contributed by atoms with van der Waals surface area (Å²) < 4.78 is 5.11. The first-order valence-electron chi connectivity index (χ1n) is 6.28. The van der Waals surface area contributed by atoms with E-state index < -0.39 is 0 Å². The second-order valence-corrected chi connectivity index (χ2v) is 4.10. The second-order valence-electron chi connectivity index (χ2n) is 4.10. The Morgan fingerprint density at radius 2 is 1.76 bits per heavy atom. The largest absolute Gasteiger partial charge is 0.497 e. The van der Waals surface area contributed by atoms with Gasteiger partial charge in [0.25, 0.3) is 0 Å². The first-order valence-corrected chi connectivity index (χ1v) is 6.28. The van der Waals surface area contributed by atoms with Crippen molar-refractivity contribution < 1.29 is 9.84 Å². The van der Waals surface area contributed by atoms with E-state index >= 15 is 0 Å². The number of methoxy groups -OCH3 is 1. The van der Waals surface area contributed by atoms with Crippen LogP contribution in [0.1, 0.15) is 37.7 Å². The summed E-state index contributed by atoms with van der Waals surface area (Å²) in [6.07, 6.45) is 9.93. The normalized spacial score (nSPS) is 10.9. The van der Waals surface area contributed by atoms with E-state index in [1.54, 1.807) is 7.11 Å². The zero-order valence-electron chi connectivity index (χ0n) is 10.6. The van der Waals surface area contributed by atoms with Crippen molar-refractivity contribution >= 4 is 6.08 Å². The fourth-order valence-corrected chi connectivity index (χ4v) is 1.66. The fourth-order valence-electron chi connectivity index (χ4n) is 1.66. The van der Waals surface area contributed by atoms with Crippen molar-refractivity contribution in [1.29, 1.82) is 0 Å². The lowest BCUT2D eigenvalue weighted by atomic mass is 10.1. The van der Waals surface area contributed by atoms with Crippen LogP contribution < -0.4 is 4.74 Å². The molecule has 2 nitrogen and oxygen atoms in total. The first-order chi connectivity index (χ1) is 8.36. The monoisotopic (exact) mass is 234 g/mol. The smallest absolute Gasteiger partial charge is 0.118 e. The highest BCUT2D eigenvalue weighted by Crippen LogP contribution is 2.13. The van der Waals surface area contributed by atoms with Gasteiger partial charge in [-0.15, -0.1) is 0 Å². The average molecular weight is 234 g/mol. The molecule has 17 heavy (non-hydrogen) atoms. The van der Waals surface area contributed by atoms with Crippen LogP contribution in [0.4, 0.5) is 0 Å². The van der Waals surface area contributed by atoms with Gasteiger partial charge >= 0.3 is 0 Å². The molecule has 1 aromatic rings. The summed E-state index contributed by atoms with van der Waals surface area (Å²) in [4.78, 5) is 0. The Balaban J connectivity index is 2.19. The summed E-state index contributed by atoms with van der Waals surface area (Å²) in [7, 11) is 1.68. The van der Waals surface area contributed by atoms with Gasteiger partial charge in [-0.3, -0.25) is 0 Å². The summed E-state index contributed by atoms with van der Waals surface area (Å²) in [6, 6.07) is 8.06. The van der Waals surface area contributed by atoms with E-state index in [1.807, 2.05) is 12.1 Å². The van der Waals surface area contributed by atoms with Gasteiger partial charge in [0.2, 0.25) is 0 Å². The maximum atomic E-state index is 8.64. The van der Waals surface area contributed by atoms with Crippen molar-refractivity contribution in [3.8, 4) is 5.75 Å². The summed E-state index contributed by atoms with van der Waals surface area (Å²) in [5, 5.41) is 8.64. The highest BCUT2D eigenvalue weighted by Gasteiger charge is 1.90. The SMILES string of the molecule is COc1ccc(/C=C/CCCCCCO)cc1. The minimum absolute atomic E-state index is 0.321. The van der Waals surface area contributed by atoms with Gasteiger partial charge in [0.1, 0.15) is 5.75 Å². The Labute approximate surface area is 104 Å². The van der Waals surface area contributed by atoms with Crippen molar-refractivity contribution in [2.45, 2.75) is 32.1 Å². The minimum Gasteiger partial charge on any atom is -0.497 e. The van der Waals surface area contributed by atoms with Crippen LogP contribution in [-0.4, -0.2) is 18.8 Å². The van der Waals surface area contributed by atoms with E-state index in [9.17, 15) is 0 Å².